The fourth-order valence-corrected chi connectivity index (χ4v) is 3.46. The lowest BCUT2D eigenvalue weighted by molar-refractivity contribution is 0.0964. The molecule has 0 radical (unpaired) electrons. The molecule has 0 aromatic carbocycles. The van der Waals surface area contributed by atoms with E-state index in [9.17, 15) is 4.79 Å². The molecule has 2 nitrogen and oxygen atoms in total. The van der Waals surface area contributed by atoms with Gasteiger partial charge in [0.1, 0.15) is 4.34 Å². The first kappa shape index (κ1) is 12.4. The Morgan fingerprint density at radius 2 is 2.31 bits per heavy atom. The van der Waals surface area contributed by atoms with Gasteiger partial charge in [0.2, 0.25) is 0 Å². The molecule has 1 aromatic heterocycles. The van der Waals surface area contributed by atoms with Crippen molar-refractivity contribution in [1.29, 1.82) is 0 Å². The van der Waals surface area contributed by atoms with Crippen LogP contribution in [0.2, 0.25) is 8.67 Å². The summed E-state index contributed by atoms with van der Waals surface area (Å²) in [6, 6.07) is 1.97. The van der Waals surface area contributed by atoms with E-state index in [1.54, 1.807) is 6.07 Å². The Morgan fingerprint density at radius 1 is 1.50 bits per heavy atom. The van der Waals surface area contributed by atoms with Crippen LogP contribution in [0.1, 0.15) is 36.0 Å². The first-order valence-electron chi connectivity index (χ1n) is 5.38. The van der Waals surface area contributed by atoms with Crippen molar-refractivity contribution >= 4 is 40.3 Å². The summed E-state index contributed by atoms with van der Waals surface area (Å²) in [5.74, 6) is 0.0903. The van der Waals surface area contributed by atoms with Crippen molar-refractivity contribution in [2.45, 2.75) is 31.7 Å². The second kappa shape index (κ2) is 5.50. The van der Waals surface area contributed by atoms with Crippen LogP contribution in [0, 0.1) is 0 Å². The number of hydrogen-bond acceptors (Lipinski definition) is 3. The number of carbonyl (C=O) groups excluding carboxylic acids is 1. The number of Topliss-reactive ketones (excluding diaryl/α,β-unsaturated/α-hetero) is 1. The quantitative estimate of drug-likeness (QED) is 0.853. The Kier molecular flexibility index (Phi) is 4.25. The van der Waals surface area contributed by atoms with Crippen LogP contribution in [-0.4, -0.2) is 18.4 Å². The molecule has 88 valence electrons. The zero-order valence-electron chi connectivity index (χ0n) is 8.76. The molecular formula is C11H13Cl2NOS. The third-order valence-electron chi connectivity index (χ3n) is 2.80. The number of piperidine rings is 1. The number of rotatable bonds is 3. The van der Waals surface area contributed by atoms with Gasteiger partial charge in [-0.05, 0) is 25.5 Å². The Morgan fingerprint density at radius 3 is 2.88 bits per heavy atom. The monoisotopic (exact) mass is 277 g/mol. The first-order valence-corrected chi connectivity index (χ1v) is 6.95. The van der Waals surface area contributed by atoms with Gasteiger partial charge in [-0.25, -0.2) is 0 Å². The van der Waals surface area contributed by atoms with Gasteiger partial charge in [0.25, 0.3) is 0 Å². The summed E-state index contributed by atoms with van der Waals surface area (Å²) >= 11 is 13.0. The summed E-state index contributed by atoms with van der Waals surface area (Å²) in [5.41, 5.74) is 0.573. The number of nitrogens with one attached hydrogen (secondary N) is 1. The van der Waals surface area contributed by atoms with Gasteiger partial charge in [-0.15, -0.1) is 11.3 Å². The van der Waals surface area contributed by atoms with Crippen molar-refractivity contribution in [3.05, 3.63) is 20.3 Å². The van der Waals surface area contributed by atoms with Gasteiger partial charge >= 0.3 is 0 Å². The molecule has 0 saturated carbocycles. The van der Waals surface area contributed by atoms with E-state index in [1.165, 1.54) is 24.2 Å². The van der Waals surface area contributed by atoms with E-state index in [1.807, 2.05) is 0 Å². The largest absolute Gasteiger partial charge is 0.314 e. The number of halogens is 2. The summed E-state index contributed by atoms with van der Waals surface area (Å²) < 4.78 is 1.08. The van der Waals surface area contributed by atoms with Gasteiger partial charge in [-0.3, -0.25) is 4.79 Å². The van der Waals surface area contributed by atoms with E-state index in [0.717, 1.165) is 13.0 Å². The van der Waals surface area contributed by atoms with Crippen molar-refractivity contribution in [2.24, 2.45) is 0 Å². The number of hydrogen-bond donors (Lipinski definition) is 1. The van der Waals surface area contributed by atoms with Crippen molar-refractivity contribution in [3.63, 3.8) is 0 Å². The molecule has 1 atom stereocenters. The van der Waals surface area contributed by atoms with Crippen LogP contribution in [0.4, 0.5) is 0 Å². The van der Waals surface area contributed by atoms with Crippen molar-refractivity contribution in [1.82, 2.24) is 5.32 Å². The summed E-state index contributed by atoms with van der Waals surface area (Å²) in [6.07, 6.45) is 3.99. The maximum absolute atomic E-state index is 12.0. The highest BCUT2D eigenvalue weighted by atomic mass is 35.5. The molecule has 0 amide bonds. The minimum atomic E-state index is 0.0903. The summed E-state index contributed by atoms with van der Waals surface area (Å²) in [6.45, 7) is 1.01. The van der Waals surface area contributed by atoms with Gasteiger partial charge in [0.15, 0.2) is 5.78 Å². The molecule has 1 aromatic rings. The Hall–Kier alpha value is -0.0900. The van der Waals surface area contributed by atoms with Crippen LogP contribution in [-0.2, 0) is 0 Å². The maximum atomic E-state index is 12.0. The Balaban J connectivity index is 1.99. The highest BCUT2D eigenvalue weighted by molar-refractivity contribution is 7.20. The van der Waals surface area contributed by atoms with Crippen LogP contribution in [0.5, 0.6) is 0 Å². The standard InChI is InChI=1S/C11H13Cl2NOS/c12-10-6-8(11(13)16-10)9(15)5-7-3-1-2-4-14-7/h6-7,14H,1-5H2. The summed E-state index contributed by atoms with van der Waals surface area (Å²) in [4.78, 5) is 12.0. The van der Waals surface area contributed by atoms with Gasteiger partial charge in [0.05, 0.1) is 4.34 Å². The predicted molar refractivity (Wildman–Crippen MR) is 68.9 cm³/mol. The maximum Gasteiger partial charge on any atom is 0.166 e. The molecule has 1 saturated heterocycles. The predicted octanol–water partition coefficient (Wildman–Crippen LogP) is 3.77. The third-order valence-corrected chi connectivity index (χ3v) is 4.29. The van der Waals surface area contributed by atoms with E-state index in [0.29, 0.717) is 26.7 Å². The highest BCUT2D eigenvalue weighted by Gasteiger charge is 2.20. The zero-order chi connectivity index (χ0) is 11.5. The Labute approximate surface area is 109 Å². The molecule has 5 heteroatoms. The normalized spacial score (nSPS) is 21.0. The third kappa shape index (κ3) is 2.98. The first-order chi connectivity index (χ1) is 7.66. The molecule has 2 rings (SSSR count). The molecule has 1 aliphatic heterocycles. The fraction of sp³-hybridized carbons (Fsp3) is 0.545. The SMILES string of the molecule is O=C(CC1CCCCN1)c1cc(Cl)sc1Cl. The number of thiophene rings is 1. The molecule has 16 heavy (non-hydrogen) atoms. The van der Waals surface area contributed by atoms with Gasteiger partial charge in [-0.1, -0.05) is 29.6 Å². The lowest BCUT2D eigenvalue weighted by Crippen LogP contribution is -2.35. The fourth-order valence-electron chi connectivity index (χ4n) is 1.96. The minimum absolute atomic E-state index is 0.0903. The molecule has 1 unspecified atom stereocenters. The highest BCUT2D eigenvalue weighted by Crippen LogP contribution is 2.32. The van der Waals surface area contributed by atoms with Crippen LogP contribution in [0.25, 0.3) is 0 Å². The Bertz CT molecular complexity index is 385. The van der Waals surface area contributed by atoms with Gasteiger partial charge in [-0.2, -0.15) is 0 Å². The summed E-state index contributed by atoms with van der Waals surface area (Å²) in [5, 5.41) is 3.35. The van der Waals surface area contributed by atoms with Crippen LogP contribution in [0.15, 0.2) is 6.07 Å². The van der Waals surface area contributed by atoms with Crippen molar-refractivity contribution < 1.29 is 4.79 Å². The molecular weight excluding hydrogens is 265 g/mol. The minimum Gasteiger partial charge on any atom is -0.314 e. The van der Waals surface area contributed by atoms with Crippen molar-refractivity contribution in [3.8, 4) is 0 Å². The van der Waals surface area contributed by atoms with Gasteiger partial charge in [0, 0.05) is 18.0 Å². The lowest BCUT2D eigenvalue weighted by atomic mass is 9.98. The smallest absolute Gasteiger partial charge is 0.166 e. The average molecular weight is 278 g/mol. The second-order valence-corrected chi connectivity index (χ2v) is 6.30. The molecule has 0 bridgehead atoms. The molecule has 1 fully saturated rings. The van der Waals surface area contributed by atoms with E-state index in [-0.39, 0.29) is 5.78 Å². The molecule has 1 aliphatic rings. The molecule has 0 aliphatic carbocycles. The van der Waals surface area contributed by atoms with E-state index < -0.39 is 0 Å². The lowest BCUT2D eigenvalue weighted by Gasteiger charge is -2.22. The van der Waals surface area contributed by atoms with E-state index in [4.69, 9.17) is 23.2 Å². The number of ketones is 1. The van der Waals surface area contributed by atoms with Crippen molar-refractivity contribution in [2.75, 3.05) is 6.54 Å². The second-order valence-electron chi connectivity index (χ2n) is 4.01. The van der Waals surface area contributed by atoms with Crippen LogP contribution >= 0.6 is 34.5 Å². The number of carbonyl (C=O) groups is 1. The van der Waals surface area contributed by atoms with Gasteiger partial charge < -0.3 is 5.32 Å². The molecule has 2 heterocycles. The average Bonchev–Trinajstić information content (AvgIpc) is 2.59. The van der Waals surface area contributed by atoms with E-state index in [2.05, 4.69) is 5.32 Å². The van der Waals surface area contributed by atoms with Crippen LogP contribution in [0.3, 0.4) is 0 Å². The topological polar surface area (TPSA) is 29.1 Å². The summed E-state index contributed by atoms with van der Waals surface area (Å²) in [7, 11) is 0. The van der Waals surface area contributed by atoms with E-state index >= 15 is 0 Å². The molecule has 1 N–H and O–H groups in total. The zero-order valence-corrected chi connectivity index (χ0v) is 11.1. The molecule has 0 spiro atoms. The van der Waals surface area contributed by atoms with Crippen LogP contribution < -0.4 is 5.32 Å².